The third-order valence-electron chi connectivity index (χ3n) is 4.78. The van der Waals surface area contributed by atoms with Gasteiger partial charge in [-0.15, -0.1) is 0 Å². The van der Waals surface area contributed by atoms with Crippen molar-refractivity contribution >= 4 is 17.4 Å². The second kappa shape index (κ2) is 4.80. The minimum Gasteiger partial charge on any atom is -0.304 e. The number of carbonyl (C=O) groups excluding carboxylic acids is 2. The molecule has 0 saturated heterocycles. The lowest BCUT2D eigenvalue weighted by Gasteiger charge is -2.29. The first-order valence-electron chi connectivity index (χ1n) is 7.65. The Balaban J connectivity index is 1.94. The van der Waals surface area contributed by atoms with Crippen molar-refractivity contribution in [3.63, 3.8) is 0 Å². The van der Waals surface area contributed by atoms with Crippen LogP contribution in [0.2, 0.25) is 0 Å². The van der Waals surface area contributed by atoms with Crippen LogP contribution in [0.15, 0.2) is 48.5 Å². The number of nitrogens with zero attached hydrogens (tertiary/aromatic N) is 1. The number of hydrogen-bond acceptors (Lipinski definition) is 2. The number of ketones is 1. The summed E-state index contributed by atoms with van der Waals surface area (Å²) in [5.41, 5.74) is 4.37. The van der Waals surface area contributed by atoms with E-state index in [4.69, 9.17) is 0 Å². The Morgan fingerprint density at radius 3 is 2.59 bits per heavy atom. The Bertz CT molecular complexity index is 766. The Morgan fingerprint density at radius 2 is 1.86 bits per heavy atom. The zero-order chi connectivity index (χ0) is 15.3. The van der Waals surface area contributed by atoms with Gasteiger partial charge in [-0.1, -0.05) is 42.5 Å². The van der Waals surface area contributed by atoms with E-state index in [1.54, 1.807) is 6.92 Å². The van der Waals surface area contributed by atoms with Crippen molar-refractivity contribution in [1.29, 1.82) is 0 Å². The molecule has 0 N–H and O–H groups in total. The molecule has 0 radical (unpaired) electrons. The lowest BCUT2D eigenvalue weighted by molar-refractivity contribution is -0.120. The fraction of sp³-hybridized carbons (Fsp3) is 0.263. The zero-order valence-electron chi connectivity index (χ0n) is 12.5. The van der Waals surface area contributed by atoms with E-state index in [0.717, 1.165) is 16.8 Å². The third kappa shape index (κ3) is 1.82. The monoisotopic (exact) mass is 291 g/mol. The lowest BCUT2D eigenvalue weighted by Crippen LogP contribution is -2.32. The Hall–Kier alpha value is -2.42. The van der Waals surface area contributed by atoms with E-state index in [2.05, 4.69) is 0 Å². The smallest absolute Gasteiger partial charge is 0.224 e. The van der Waals surface area contributed by atoms with Gasteiger partial charge in [-0.3, -0.25) is 9.59 Å². The second-order valence-electron chi connectivity index (χ2n) is 6.12. The van der Waals surface area contributed by atoms with E-state index in [0.29, 0.717) is 12.8 Å². The highest BCUT2D eigenvalue weighted by Gasteiger charge is 2.45. The van der Waals surface area contributed by atoms with Crippen LogP contribution in [-0.2, 0) is 16.0 Å². The fourth-order valence-corrected chi connectivity index (χ4v) is 4.02. The van der Waals surface area contributed by atoms with Crippen LogP contribution in [0.25, 0.3) is 0 Å². The van der Waals surface area contributed by atoms with E-state index in [9.17, 15) is 9.59 Å². The molecule has 1 aliphatic heterocycles. The summed E-state index contributed by atoms with van der Waals surface area (Å²) in [5, 5.41) is 0. The molecule has 2 aliphatic rings. The molecule has 2 aromatic rings. The largest absolute Gasteiger partial charge is 0.304 e. The molecule has 3 heteroatoms. The second-order valence-corrected chi connectivity index (χ2v) is 6.12. The van der Waals surface area contributed by atoms with E-state index >= 15 is 0 Å². The van der Waals surface area contributed by atoms with Gasteiger partial charge in [-0.25, -0.2) is 0 Å². The molecule has 2 atom stereocenters. The minimum atomic E-state index is -0.0703. The average Bonchev–Trinajstić information content (AvgIpc) is 2.84. The molecular formula is C19H17NO2. The summed E-state index contributed by atoms with van der Waals surface area (Å²) in [7, 11) is 0. The first-order chi connectivity index (χ1) is 10.7. The first kappa shape index (κ1) is 13.3. The molecule has 2 unspecified atom stereocenters. The number of rotatable bonds is 1. The van der Waals surface area contributed by atoms with Gasteiger partial charge >= 0.3 is 0 Å². The van der Waals surface area contributed by atoms with Crippen molar-refractivity contribution in [2.75, 3.05) is 4.90 Å². The minimum absolute atomic E-state index is 0.0316. The molecule has 1 amide bonds. The molecule has 22 heavy (non-hydrogen) atoms. The number of carbonyl (C=O) groups is 2. The van der Waals surface area contributed by atoms with Crippen molar-refractivity contribution < 1.29 is 9.59 Å². The van der Waals surface area contributed by atoms with Crippen LogP contribution in [0.4, 0.5) is 5.69 Å². The van der Waals surface area contributed by atoms with Crippen LogP contribution in [0.1, 0.15) is 42.0 Å². The van der Waals surface area contributed by atoms with E-state index in [-0.39, 0.29) is 23.7 Å². The van der Waals surface area contributed by atoms with Gasteiger partial charge < -0.3 is 4.90 Å². The summed E-state index contributed by atoms with van der Waals surface area (Å²) in [4.78, 5) is 26.3. The molecule has 0 saturated carbocycles. The average molecular weight is 291 g/mol. The van der Waals surface area contributed by atoms with Crippen molar-refractivity contribution in [2.24, 2.45) is 0 Å². The van der Waals surface area contributed by atoms with Crippen LogP contribution in [0, 0.1) is 0 Å². The molecule has 1 aliphatic carbocycles. The molecule has 3 nitrogen and oxygen atoms in total. The first-order valence-corrected chi connectivity index (χ1v) is 7.65. The third-order valence-corrected chi connectivity index (χ3v) is 4.78. The number of anilines is 1. The van der Waals surface area contributed by atoms with Crippen LogP contribution >= 0.6 is 0 Å². The molecule has 0 fully saturated rings. The predicted molar refractivity (Wildman–Crippen MR) is 84.9 cm³/mol. The number of benzene rings is 2. The van der Waals surface area contributed by atoms with Gasteiger partial charge in [0, 0.05) is 31.4 Å². The quantitative estimate of drug-likeness (QED) is 0.807. The summed E-state index contributed by atoms with van der Waals surface area (Å²) in [6, 6.07) is 16.0. The van der Waals surface area contributed by atoms with Gasteiger partial charge in [-0.05, 0) is 22.8 Å². The normalized spacial score (nSPS) is 22.6. The molecule has 2 aromatic carbocycles. The van der Waals surface area contributed by atoms with Crippen LogP contribution < -0.4 is 4.90 Å². The SMILES string of the molecule is CC(=O)N1c2cccc3c2C(CC(=O)C3)C1c1ccccc1. The Labute approximate surface area is 129 Å². The van der Waals surface area contributed by atoms with Crippen molar-refractivity contribution in [3.05, 3.63) is 65.2 Å². The predicted octanol–water partition coefficient (Wildman–Crippen LogP) is 3.39. The number of amides is 1. The van der Waals surface area contributed by atoms with Gasteiger partial charge in [0.25, 0.3) is 0 Å². The molecule has 0 spiro atoms. The van der Waals surface area contributed by atoms with Crippen molar-refractivity contribution in [2.45, 2.75) is 31.7 Å². The summed E-state index contributed by atoms with van der Waals surface area (Å²) < 4.78 is 0. The standard InChI is InChI=1S/C19H17NO2/c1-12(21)20-17-9-5-8-14-10-15(22)11-16(18(14)17)19(20)13-6-3-2-4-7-13/h2-9,16,19H,10-11H2,1H3. The summed E-state index contributed by atoms with van der Waals surface area (Å²) in [5.74, 6) is 0.379. The van der Waals surface area contributed by atoms with Gasteiger partial charge in [0.2, 0.25) is 5.91 Å². The highest BCUT2D eigenvalue weighted by Crippen LogP contribution is 2.53. The molecule has 0 bridgehead atoms. The maximum atomic E-state index is 12.3. The Morgan fingerprint density at radius 1 is 1.09 bits per heavy atom. The highest BCUT2D eigenvalue weighted by atomic mass is 16.2. The van der Waals surface area contributed by atoms with Gasteiger partial charge in [0.15, 0.2) is 0 Å². The summed E-state index contributed by atoms with van der Waals surface area (Å²) in [6.07, 6.45) is 1.01. The van der Waals surface area contributed by atoms with Gasteiger partial charge in [0.05, 0.1) is 6.04 Å². The maximum Gasteiger partial charge on any atom is 0.224 e. The van der Waals surface area contributed by atoms with Crippen molar-refractivity contribution in [1.82, 2.24) is 0 Å². The van der Waals surface area contributed by atoms with Crippen molar-refractivity contribution in [3.8, 4) is 0 Å². The topological polar surface area (TPSA) is 37.4 Å². The number of hydrogen-bond donors (Lipinski definition) is 0. The lowest BCUT2D eigenvalue weighted by atomic mass is 9.78. The van der Waals surface area contributed by atoms with Gasteiger partial charge in [-0.2, -0.15) is 0 Å². The van der Waals surface area contributed by atoms with Crippen LogP contribution in [-0.4, -0.2) is 11.7 Å². The highest BCUT2D eigenvalue weighted by molar-refractivity contribution is 5.98. The number of Topliss-reactive ketones (excluding diaryl/α,β-unsaturated/α-hetero) is 1. The van der Waals surface area contributed by atoms with E-state index < -0.39 is 0 Å². The summed E-state index contributed by atoms with van der Waals surface area (Å²) >= 11 is 0. The molecular weight excluding hydrogens is 274 g/mol. The molecule has 0 aromatic heterocycles. The van der Waals surface area contributed by atoms with Crippen LogP contribution in [0.5, 0.6) is 0 Å². The fourth-order valence-electron chi connectivity index (χ4n) is 4.02. The molecule has 1 heterocycles. The van der Waals surface area contributed by atoms with E-state index in [1.165, 1.54) is 5.56 Å². The summed E-state index contributed by atoms with van der Waals surface area (Å²) in [6.45, 7) is 1.61. The van der Waals surface area contributed by atoms with Gasteiger partial charge in [0.1, 0.15) is 5.78 Å². The maximum absolute atomic E-state index is 12.3. The molecule has 110 valence electrons. The van der Waals surface area contributed by atoms with E-state index in [1.807, 2.05) is 53.4 Å². The molecule has 4 rings (SSSR count). The Kier molecular flexibility index (Phi) is 2.89. The zero-order valence-corrected chi connectivity index (χ0v) is 12.5. The van der Waals surface area contributed by atoms with Crippen LogP contribution in [0.3, 0.4) is 0 Å².